The molecule has 0 aliphatic carbocycles. The Labute approximate surface area is 121 Å². The molecular formula is C17H22N2O. The number of hydrogen-bond acceptors (Lipinski definition) is 3. The fourth-order valence-electron chi connectivity index (χ4n) is 2.44. The number of hydrogen-bond donors (Lipinski definition) is 1. The molecule has 0 fully saturated rings. The van der Waals surface area contributed by atoms with Gasteiger partial charge in [-0.3, -0.25) is 4.98 Å². The molecule has 1 aromatic heterocycles. The van der Waals surface area contributed by atoms with Crippen LogP contribution >= 0.6 is 0 Å². The largest absolute Gasteiger partial charge is 0.496 e. The van der Waals surface area contributed by atoms with Crippen molar-refractivity contribution < 1.29 is 4.74 Å². The molecule has 106 valence electrons. The molecule has 0 saturated carbocycles. The molecular weight excluding hydrogens is 248 g/mol. The maximum atomic E-state index is 5.46. The quantitative estimate of drug-likeness (QED) is 0.906. The molecule has 1 aromatic carbocycles. The van der Waals surface area contributed by atoms with Gasteiger partial charge in [0.05, 0.1) is 7.11 Å². The zero-order valence-electron chi connectivity index (χ0n) is 12.6. The van der Waals surface area contributed by atoms with Crippen LogP contribution in [0.2, 0.25) is 0 Å². The van der Waals surface area contributed by atoms with Crippen molar-refractivity contribution in [3.8, 4) is 5.75 Å². The Morgan fingerprint density at radius 1 is 1.15 bits per heavy atom. The number of likely N-dealkylation sites (N-methyl/N-ethyl adjacent to an activating group) is 1. The highest BCUT2D eigenvalue weighted by molar-refractivity contribution is 5.38. The summed E-state index contributed by atoms with van der Waals surface area (Å²) in [7, 11) is 3.70. The van der Waals surface area contributed by atoms with Crippen molar-refractivity contribution in [2.45, 2.75) is 26.3 Å². The molecule has 0 saturated heterocycles. The van der Waals surface area contributed by atoms with Crippen molar-refractivity contribution in [3.05, 3.63) is 58.9 Å². The lowest BCUT2D eigenvalue weighted by molar-refractivity contribution is 0.406. The summed E-state index contributed by atoms with van der Waals surface area (Å²) < 4.78 is 5.46. The van der Waals surface area contributed by atoms with Gasteiger partial charge in [0.15, 0.2) is 0 Å². The molecule has 0 aliphatic rings. The van der Waals surface area contributed by atoms with E-state index in [0.29, 0.717) is 0 Å². The first-order chi connectivity index (χ1) is 9.63. The van der Waals surface area contributed by atoms with E-state index < -0.39 is 0 Å². The van der Waals surface area contributed by atoms with Crippen molar-refractivity contribution in [1.29, 1.82) is 0 Å². The van der Waals surface area contributed by atoms with Crippen LogP contribution in [0.25, 0.3) is 0 Å². The van der Waals surface area contributed by atoms with Crippen LogP contribution in [-0.4, -0.2) is 19.1 Å². The second kappa shape index (κ2) is 6.53. The number of pyridine rings is 1. The molecule has 0 bridgehead atoms. The number of methoxy groups -OCH3 is 1. The fourth-order valence-corrected chi connectivity index (χ4v) is 2.44. The van der Waals surface area contributed by atoms with Crippen LogP contribution in [0.15, 0.2) is 36.7 Å². The molecule has 1 atom stereocenters. The van der Waals surface area contributed by atoms with Gasteiger partial charge >= 0.3 is 0 Å². The van der Waals surface area contributed by atoms with Crippen LogP contribution in [0.5, 0.6) is 5.75 Å². The Balaban J connectivity index is 2.28. The van der Waals surface area contributed by atoms with Gasteiger partial charge in [-0.05, 0) is 50.1 Å². The molecule has 0 spiro atoms. The average molecular weight is 270 g/mol. The molecule has 2 rings (SSSR count). The smallest absolute Gasteiger partial charge is 0.122 e. The van der Waals surface area contributed by atoms with Gasteiger partial charge in [0.1, 0.15) is 5.75 Å². The maximum absolute atomic E-state index is 5.46. The number of aromatic nitrogens is 1. The highest BCUT2D eigenvalue weighted by Gasteiger charge is 2.14. The van der Waals surface area contributed by atoms with E-state index >= 15 is 0 Å². The predicted octanol–water partition coefficient (Wildman–Crippen LogP) is 3.21. The molecule has 1 heterocycles. The third kappa shape index (κ3) is 3.36. The molecule has 2 aromatic rings. The van der Waals surface area contributed by atoms with Crippen molar-refractivity contribution >= 4 is 0 Å². The molecule has 0 radical (unpaired) electrons. The Morgan fingerprint density at radius 2 is 1.95 bits per heavy atom. The van der Waals surface area contributed by atoms with Crippen molar-refractivity contribution in [1.82, 2.24) is 10.3 Å². The highest BCUT2D eigenvalue weighted by Crippen LogP contribution is 2.26. The minimum Gasteiger partial charge on any atom is -0.496 e. The fraction of sp³-hybridized carbons (Fsp3) is 0.353. The SMILES string of the molecule is CNC(Cc1cc(C)ccc1OC)c1cncc(C)c1. The van der Waals surface area contributed by atoms with E-state index in [4.69, 9.17) is 4.74 Å². The minimum atomic E-state index is 0.234. The summed E-state index contributed by atoms with van der Waals surface area (Å²) in [6.45, 7) is 4.17. The Hall–Kier alpha value is -1.87. The van der Waals surface area contributed by atoms with Gasteiger partial charge in [-0.2, -0.15) is 0 Å². The maximum Gasteiger partial charge on any atom is 0.122 e. The normalized spacial score (nSPS) is 12.2. The van der Waals surface area contributed by atoms with Gasteiger partial charge in [-0.25, -0.2) is 0 Å². The standard InChI is InChI=1S/C17H22N2O/c1-12-5-6-17(20-4)14(7-12)9-16(18-3)15-8-13(2)10-19-11-15/h5-8,10-11,16,18H,9H2,1-4H3. The lowest BCUT2D eigenvalue weighted by Gasteiger charge is -2.19. The number of ether oxygens (including phenoxy) is 1. The van der Waals surface area contributed by atoms with Crippen LogP contribution in [0.3, 0.4) is 0 Å². The van der Waals surface area contributed by atoms with Crippen molar-refractivity contribution in [3.63, 3.8) is 0 Å². The van der Waals surface area contributed by atoms with Gasteiger partial charge in [0.2, 0.25) is 0 Å². The summed E-state index contributed by atoms with van der Waals surface area (Å²) in [5.41, 5.74) is 4.85. The summed E-state index contributed by atoms with van der Waals surface area (Å²) in [4.78, 5) is 4.28. The van der Waals surface area contributed by atoms with Crippen molar-refractivity contribution in [2.24, 2.45) is 0 Å². The van der Waals surface area contributed by atoms with E-state index in [0.717, 1.165) is 12.2 Å². The van der Waals surface area contributed by atoms with Gasteiger partial charge in [0.25, 0.3) is 0 Å². The van der Waals surface area contributed by atoms with Crippen LogP contribution in [0, 0.1) is 13.8 Å². The topological polar surface area (TPSA) is 34.1 Å². The second-order valence-electron chi connectivity index (χ2n) is 5.16. The van der Waals surface area contributed by atoms with Gasteiger partial charge in [0, 0.05) is 18.4 Å². The summed E-state index contributed by atoms with van der Waals surface area (Å²) in [5, 5.41) is 3.37. The zero-order chi connectivity index (χ0) is 14.5. The second-order valence-corrected chi connectivity index (χ2v) is 5.16. The number of benzene rings is 1. The summed E-state index contributed by atoms with van der Waals surface area (Å²) >= 11 is 0. The summed E-state index contributed by atoms with van der Waals surface area (Å²) in [6, 6.07) is 8.71. The lowest BCUT2D eigenvalue weighted by Crippen LogP contribution is -2.19. The van der Waals surface area contributed by atoms with E-state index in [-0.39, 0.29) is 6.04 Å². The molecule has 0 aliphatic heterocycles. The third-order valence-corrected chi connectivity index (χ3v) is 3.51. The van der Waals surface area contributed by atoms with Gasteiger partial charge in [-0.15, -0.1) is 0 Å². The predicted molar refractivity (Wildman–Crippen MR) is 82.2 cm³/mol. The summed E-state index contributed by atoms with van der Waals surface area (Å²) in [6.07, 6.45) is 4.69. The average Bonchev–Trinajstić information content (AvgIpc) is 2.45. The Bertz CT molecular complexity index is 581. The van der Waals surface area contributed by atoms with E-state index in [9.17, 15) is 0 Å². The van der Waals surface area contributed by atoms with Crippen LogP contribution in [0.1, 0.15) is 28.3 Å². The minimum absolute atomic E-state index is 0.234. The highest BCUT2D eigenvalue weighted by atomic mass is 16.5. The van der Waals surface area contributed by atoms with Crippen molar-refractivity contribution in [2.75, 3.05) is 14.2 Å². The molecule has 3 heteroatoms. The van der Waals surface area contributed by atoms with E-state index in [1.54, 1.807) is 7.11 Å². The zero-order valence-corrected chi connectivity index (χ0v) is 12.6. The van der Waals surface area contributed by atoms with Crippen LogP contribution in [-0.2, 0) is 6.42 Å². The number of nitrogens with one attached hydrogen (secondary N) is 1. The molecule has 1 N–H and O–H groups in total. The number of aryl methyl sites for hydroxylation is 2. The van der Waals surface area contributed by atoms with Gasteiger partial charge in [-0.1, -0.05) is 23.8 Å². The van der Waals surface area contributed by atoms with E-state index in [1.807, 2.05) is 25.5 Å². The molecule has 1 unspecified atom stereocenters. The third-order valence-electron chi connectivity index (χ3n) is 3.51. The Kier molecular flexibility index (Phi) is 4.74. The first kappa shape index (κ1) is 14.5. The Morgan fingerprint density at radius 3 is 2.60 bits per heavy atom. The first-order valence-corrected chi connectivity index (χ1v) is 6.86. The molecule has 3 nitrogen and oxygen atoms in total. The number of nitrogens with zero attached hydrogens (tertiary/aromatic N) is 1. The summed E-state index contributed by atoms with van der Waals surface area (Å²) in [5.74, 6) is 0.941. The molecule has 20 heavy (non-hydrogen) atoms. The number of rotatable bonds is 5. The first-order valence-electron chi connectivity index (χ1n) is 6.86. The van der Waals surface area contributed by atoms with E-state index in [2.05, 4.69) is 42.3 Å². The van der Waals surface area contributed by atoms with Gasteiger partial charge < -0.3 is 10.1 Å². The lowest BCUT2D eigenvalue weighted by atomic mass is 9.97. The van der Waals surface area contributed by atoms with Crippen LogP contribution in [0.4, 0.5) is 0 Å². The van der Waals surface area contributed by atoms with E-state index in [1.165, 1.54) is 22.3 Å². The molecule has 0 amide bonds. The monoisotopic (exact) mass is 270 g/mol. The van der Waals surface area contributed by atoms with Crippen LogP contribution < -0.4 is 10.1 Å².